The van der Waals surface area contributed by atoms with Crippen LogP contribution in [0.2, 0.25) is 0 Å². The molecule has 0 amide bonds. The molecule has 0 radical (unpaired) electrons. The average molecular weight is 269 g/mol. The van der Waals surface area contributed by atoms with Crippen LogP contribution < -0.4 is 10.1 Å². The molecular formula is C16H19N3O. The van der Waals surface area contributed by atoms with Crippen LogP contribution in [0.4, 0.5) is 0 Å². The van der Waals surface area contributed by atoms with E-state index in [1.165, 1.54) is 12.8 Å². The first-order valence-corrected chi connectivity index (χ1v) is 7.04. The fourth-order valence-electron chi connectivity index (χ4n) is 2.02. The second-order valence-corrected chi connectivity index (χ2v) is 5.15. The van der Waals surface area contributed by atoms with Crippen LogP contribution in [0.3, 0.4) is 0 Å². The van der Waals surface area contributed by atoms with Gasteiger partial charge in [0, 0.05) is 18.8 Å². The van der Waals surface area contributed by atoms with Gasteiger partial charge in [-0.1, -0.05) is 6.07 Å². The number of nitrogens with one attached hydrogen (secondary N) is 1. The second-order valence-electron chi connectivity index (χ2n) is 5.15. The number of ether oxygens (including phenoxy) is 1. The van der Waals surface area contributed by atoms with Crippen LogP contribution in [0.5, 0.6) is 5.75 Å². The topological polar surface area (TPSA) is 47.0 Å². The molecular weight excluding hydrogens is 250 g/mol. The summed E-state index contributed by atoms with van der Waals surface area (Å²) >= 11 is 0. The maximum absolute atomic E-state index is 5.77. The van der Waals surface area contributed by atoms with E-state index in [2.05, 4.69) is 15.3 Å². The molecule has 0 aliphatic heterocycles. The molecule has 104 valence electrons. The first kappa shape index (κ1) is 13.1. The van der Waals surface area contributed by atoms with E-state index >= 15 is 0 Å². The third-order valence-corrected chi connectivity index (χ3v) is 3.35. The number of aryl methyl sites for hydroxylation is 1. The molecule has 2 heterocycles. The van der Waals surface area contributed by atoms with Crippen LogP contribution in [0, 0.1) is 6.92 Å². The van der Waals surface area contributed by atoms with Gasteiger partial charge in [0.1, 0.15) is 12.4 Å². The van der Waals surface area contributed by atoms with E-state index in [0.29, 0.717) is 12.6 Å². The lowest BCUT2D eigenvalue weighted by atomic mass is 10.3. The molecule has 20 heavy (non-hydrogen) atoms. The molecule has 1 aliphatic carbocycles. The summed E-state index contributed by atoms with van der Waals surface area (Å²) in [5, 5.41) is 3.47. The van der Waals surface area contributed by atoms with Gasteiger partial charge < -0.3 is 10.1 Å². The van der Waals surface area contributed by atoms with Gasteiger partial charge in [-0.05, 0) is 44.0 Å². The van der Waals surface area contributed by atoms with Gasteiger partial charge in [0.25, 0.3) is 0 Å². The fraction of sp³-hybridized carbons (Fsp3) is 0.375. The maximum atomic E-state index is 5.77. The van der Waals surface area contributed by atoms with Crippen molar-refractivity contribution in [1.29, 1.82) is 0 Å². The van der Waals surface area contributed by atoms with Crippen molar-refractivity contribution in [3.05, 3.63) is 53.6 Å². The Bertz CT molecular complexity index is 581. The minimum atomic E-state index is 0.476. The van der Waals surface area contributed by atoms with Gasteiger partial charge in [-0.2, -0.15) is 0 Å². The van der Waals surface area contributed by atoms with Crippen molar-refractivity contribution in [3.63, 3.8) is 0 Å². The van der Waals surface area contributed by atoms with E-state index in [4.69, 9.17) is 4.74 Å². The number of hydrogen-bond acceptors (Lipinski definition) is 4. The van der Waals surface area contributed by atoms with Crippen LogP contribution in [-0.4, -0.2) is 16.0 Å². The summed E-state index contributed by atoms with van der Waals surface area (Å²) in [4.78, 5) is 8.82. The number of pyridine rings is 2. The smallest absolute Gasteiger partial charge is 0.141 e. The number of aromatic nitrogens is 2. The van der Waals surface area contributed by atoms with Crippen molar-refractivity contribution in [3.8, 4) is 5.75 Å². The summed E-state index contributed by atoms with van der Waals surface area (Å²) in [5.74, 6) is 0.816. The van der Waals surface area contributed by atoms with Crippen LogP contribution in [0.25, 0.3) is 0 Å². The van der Waals surface area contributed by atoms with Crippen molar-refractivity contribution in [2.24, 2.45) is 0 Å². The molecule has 0 aromatic carbocycles. The Hall–Kier alpha value is -1.94. The molecule has 2 aromatic heterocycles. The van der Waals surface area contributed by atoms with Crippen LogP contribution >= 0.6 is 0 Å². The maximum Gasteiger partial charge on any atom is 0.141 e. The minimum Gasteiger partial charge on any atom is -0.485 e. The predicted molar refractivity (Wildman–Crippen MR) is 77.4 cm³/mol. The number of nitrogens with zero attached hydrogens (tertiary/aromatic N) is 2. The molecule has 1 saturated carbocycles. The van der Waals surface area contributed by atoms with Crippen molar-refractivity contribution in [1.82, 2.24) is 15.3 Å². The molecule has 0 unspecified atom stereocenters. The molecule has 3 rings (SSSR count). The summed E-state index contributed by atoms with van der Waals surface area (Å²) in [6.07, 6.45) is 4.36. The van der Waals surface area contributed by atoms with E-state index in [1.807, 2.05) is 37.3 Å². The molecule has 0 bridgehead atoms. The van der Waals surface area contributed by atoms with E-state index in [-0.39, 0.29) is 0 Å². The second kappa shape index (κ2) is 6.01. The zero-order valence-electron chi connectivity index (χ0n) is 11.7. The number of hydrogen-bond donors (Lipinski definition) is 1. The quantitative estimate of drug-likeness (QED) is 0.875. The highest BCUT2D eigenvalue weighted by Crippen LogP contribution is 2.19. The highest BCUT2D eigenvalue weighted by atomic mass is 16.5. The summed E-state index contributed by atoms with van der Waals surface area (Å²) in [6, 6.07) is 10.6. The first-order valence-electron chi connectivity index (χ1n) is 7.04. The molecule has 0 atom stereocenters. The average Bonchev–Trinajstić information content (AvgIpc) is 3.29. The van der Waals surface area contributed by atoms with Gasteiger partial charge in [-0.15, -0.1) is 0 Å². The van der Waals surface area contributed by atoms with Gasteiger partial charge in [-0.25, -0.2) is 0 Å². The van der Waals surface area contributed by atoms with E-state index < -0.39 is 0 Å². The first-order chi connectivity index (χ1) is 9.81. The van der Waals surface area contributed by atoms with E-state index in [1.54, 1.807) is 6.20 Å². The molecule has 0 saturated heterocycles. The summed E-state index contributed by atoms with van der Waals surface area (Å²) in [6.45, 7) is 3.26. The zero-order chi connectivity index (χ0) is 13.8. The molecule has 2 aromatic rings. The number of rotatable bonds is 6. The lowest BCUT2D eigenvalue weighted by molar-refractivity contribution is 0.297. The highest BCUT2D eigenvalue weighted by molar-refractivity contribution is 5.25. The van der Waals surface area contributed by atoms with E-state index in [9.17, 15) is 0 Å². The molecule has 0 spiro atoms. The standard InChI is InChI=1S/C16H19N3O/c1-12-16(6-3-9-17-12)20-11-15-5-2-4-14(19-15)10-18-13-7-8-13/h2-6,9,13,18H,7-8,10-11H2,1H3. The largest absolute Gasteiger partial charge is 0.485 e. The third-order valence-electron chi connectivity index (χ3n) is 3.35. The Balaban J connectivity index is 1.59. The predicted octanol–water partition coefficient (Wildman–Crippen LogP) is 2.62. The van der Waals surface area contributed by atoms with Crippen LogP contribution in [0.15, 0.2) is 36.5 Å². The molecule has 4 heteroatoms. The third kappa shape index (κ3) is 3.54. The Kier molecular flexibility index (Phi) is 3.92. The monoisotopic (exact) mass is 269 g/mol. The lowest BCUT2D eigenvalue weighted by Gasteiger charge is -2.09. The van der Waals surface area contributed by atoms with Crippen molar-refractivity contribution >= 4 is 0 Å². The fourth-order valence-corrected chi connectivity index (χ4v) is 2.02. The molecule has 1 aliphatic rings. The Morgan fingerprint density at radius 2 is 2.05 bits per heavy atom. The zero-order valence-corrected chi connectivity index (χ0v) is 11.7. The normalized spacial score (nSPS) is 14.2. The van der Waals surface area contributed by atoms with Gasteiger partial charge in [0.2, 0.25) is 0 Å². The van der Waals surface area contributed by atoms with Crippen molar-refractivity contribution in [2.45, 2.75) is 39.0 Å². The highest BCUT2D eigenvalue weighted by Gasteiger charge is 2.20. The summed E-state index contributed by atoms with van der Waals surface area (Å²) in [5.41, 5.74) is 2.92. The molecule has 1 N–H and O–H groups in total. The van der Waals surface area contributed by atoms with Crippen molar-refractivity contribution < 1.29 is 4.74 Å². The summed E-state index contributed by atoms with van der Waals surface area (Å²) in [7, 11) is 0. The van der Waals surface area contributed by atoms with Crippen LogP contribution in [0.1, 0.15) is 29.9 Å². The Labute approximate surface area is 119 Å². The SMILES string of the molecule is Cc1ncccc1OCc1cccc(CNC2CC2)n1. The van der Waals surface area contributed by atoms with Gasteiger partial charge in [0.15, 0.2) is 0 Å². The minimum absolute atomic E-state index is 0.476. The Morgan fingerprint density at radius 1 is 1.20 bits per heavy atom. The van der Waals surface area contributed by atoms with Gasteiger partial charge >= 0.3 is 0 Å². The lowest BCUT2D eigenvalue weighted by Crippen LogP contribution is -2.16. The van der Waals surface area contributed by atoms with Gasteiger partial charge in [0.05, 0.1) is 17.1 Å². The van der Waals surface area contributed by atoms with Crippen LogP contribution in [-0.2, 0) is 13.2 Å². The van der Waals surface area contributed by atoms with Gasteiger partial charge in [-0.3, -0.25) is 9.97 Å². The molecule has 1 fully saturated rings. The summed E-state index contributed by atoms with van der Waals surface area (Å²) < 4.78 is 5.77. The van der Waals surface area contributed by atoms with Crippen molar-refractivity contribution in [2.75, 3.05) is 0 Å². The Morgan fingerprint density at radius 3 is 2.85 bits per heavy atom. The van der Waals surface area contributed by atoms with E-state index in [0.717, 1.165) is 29.4 Å². The molecule has 4 nitrogen and oxygen atoms in total.